The van der Waals surface area contributed by atoms with E-state index in [1.807, 2.05) is 18.2 Å². The molecule has 0 unspecified atom stereocenters. The van der Waals surface area contributed by atoms with Gasteiger partial charge in [-0.15, -0.1) is 0 Å². The van der Waals surface area contributed by atoms with Gasteiger partial charge in [0.1, 0.15) is 0 Å². The van der Waals surface area contributed by atoms with Crippen molar-refractivity contribution in [1.82, 2.24) is 4.37 Å². The molecule has 0 aliphatic carbocycles. The van der Waals surface area contributed by atoms with Gasteiger partial charge in [0, 0.05) is 5.39 Å². The van der Waals surface area contributed by atoms with Crippen molar-refractivity contribution in [2.24, 2.45) is 0 Å². The van der Waals surface area contributed by atoms with Crippen molar-refractivity contribution in [3.8, 4) is 0 Å². The van der Waals surface area contributed by atoms with Crippen LogP contribution in [0, 0.1) is 27.7 Å². The maximum Gasteiger partial charge on any atom is 0.0589 e. The van der Waals surface area contributed by atoms with Crippen LogP contribution in [0.5, 0.6) is 0 Å². The summed E-state index contributed by atoms with van der Waals surface area (Å²) in [5.74, 6) is 0. The normalized spacial score (nSPS) is 9.81. The van der Waals surface area contributed by atoms with Crippen molar-refractivity contribution in [1.29, 1.82) is 0 Å². The first kappa shape index (κ1) is 20.9. The molecule has 0 amide bonds. The number of hydrogen-bond donors (Lipinski definition) is 0. The molecule has 4 aromatic rings. The molecule has 0 saturated carbocycles. The Bertz CT molecular complexity index is 937. The minimum atomic E-state index is 1.14. The Kier molecular flexibility index (Phi) is 8.22. The largest absolute Gasteiger partial charge is 0.197 e. The predicted molar refractivity (Wildman–Crippen MR) is 121 cm³/mol. The summed E-state index contributed by atoms with van der Waals surface area (Å²) in [7, 11) is 0. The molecule has 0 aliphatic rings. The monoisotopic (exact) mass is 375 g/mol. The Morgan fingerprint density at radius 3 is 1.85 bits per heavy atom. The van der Waals surface area contributed by atoms with Crippen molar-refractivity contribution in [2.75, 3.05) is 0 Å². The van der Waals surface area contributed by atoms with E-state index >= 15 is 0 Å². The van der Waals surface area contributed by atoms with E-state index in [0.29, 0.717) is 0 Å². The number of rotatable bonds is 1. The van der Waals surface area contributed by atoms with E-state index in [9.17, 15) is 0 Å². The van der Waals surface area contributed by atoms with Gasteiger partial charge in [0.15, 0.2) is 0 Å². The van der Waals surface area contributed by atoms with E-state index in [2.05, 4.69) is 93.6 Å². The fourth-order valence-electron chi connectivity index (χ4n) is 2.53. The SMILES string of the molecule is CCc1ccc(C)cc1.Cc1ccc2snc(C)c2c1.Cc1ccccc1. The van der Waals surface area contributed by atoms with Crippen molar-refractivity contribution in [3.63, 3.8) is 0 Å². The zero-order valence-electron chi connectivity index (χ0n) is 17.0. The highest BCUT2D eigenvalue weighted by Crippen LogP contribution is 2.22. The highest BCUT2D eigenvalue weighted by atomic mass is 32.1. The van der Waals surface area contributed by atoms with Crippen LogP contribution in [0.1, 0.15) is 34.9 Å². The van der Waals surface area contributed by atoms with Crippen LogP contribution in [-0.2, 0) is 6.42 Å². The first-order valence-electron chi connectivity index (χ1n) is 9.39. The van der Waals surface area contributed by atoms with E-state index < -0.39 is 0 Å². The average Bonchev–Trinajstić information content (AvgIpc) is 3.04. The second-order valence-corrected chi connectivity index (χ2v) is 7.57. The van der Waals surface area contributed by atoms with E-state index in [-0.39, 0.29) is 0 Å². The summed E-state index contributed by atoms with van der Waals surface area (Å²) >= 11 is 1.57. The van der Waals surface area contributed by atoms with Crippen molar-refractivity contribution >= 4 is 21.6 Å². The van der Waals surface area contributed by atoms with Crippen molar-refractivity contribution in [3.05, 3.63) is 101 Å². The minimum Gasteiger partial charge on any atom is -0.197 e. The number of fused-ring (bicyclic) bond motifs is 1. The number of benzene rings is 3. The minimum absolute atomic E-state index is 1.14. The van der Waals surface area contributed by atoms with Gasteiger partial charge in [-0.25, -0.2) is 0 Å². The van der Waals surface area contributed by atoms with Crippen LogP contribution in [0.4, 0.5) is 0 Å². The molecule has 140 valence electrons. The van der Waals surface area contributed by atoms with Crippen LogP contribution in [0.25, 0.3) is 10.1 Å². The fourth-order valence-corrected chi connectivity index (χ4v) is 3.30. The van der Waals surface area contributed by atoms with E-state index in [0.717, 1.165) is 12.1 Å². The average molecular weight is 376 g/mol. The first-order chi connectivity index (χ1) is 13.0. The Hall–Kier alpha value is -2.45. The van der Waals surface area contributed by atoms with Gasteiger partial charge in [0.05, 0.1) is 10.4 Å². The summed E-state index contributed by atoms with van der Waals surface area (Å²) in [5.41, 5.74) is 6.53. The lowest BCUT2D eigenvalue weighted by Gasteiger charge is -1.94. The van der Waals surface area contributed by atoms with Crippen LogP contribution < -0.4 is 0 Å². The molecule has 0 radical (unpaired) electrons. The molecule has 0 fully saturated rings. The topological polar surface area (TPSA) is 12.9 Å². The quantitative estimate of drug-likeness (QED) is 0.336. The lowest BCUT2D eigenvalue weighted by molar-refractivity contribution is 1.14. The third kappa shape index (κ3) is 6.99. The zero-order valence-corrected chi connectivity index (χ0v) is 17.8. The lowest BCUT2D eigenvalue weighted by Crippen LogP contribution is -1.77. The number of nitrogens with zero attached hydrogens (tertiary/aromatic N) is 1. The van der Waals surface area contributed by atoms with Gasteiger partial charge in [-0.3, -0.25) is 0 Å². The van der Waals surface area contributed by atoms with Crippen LogP contribution >= 0.6 is 11.5 Å². The second-order valence-electron chi connectivity index (χ2n) is 6.76. The maximum atomic E-state index is 4.28. The molecule has 3 aromatic carbocycles. The molecule has 0 saturated heterocycles. The van der Waals surface area contributed by atoms with Gasteiger partial charge < -0.3 is 0 Å². The Balaban J connectivity index is 0.000000149. The van der Waals surface area contributed by atoms with Gasteiger partial charge in [-0.2, -0.15) is 4.37 Å². The van der Waals surface area contributed by atoms with Gasteiger partial charge >= 0.3 is 0 Å². The highest BCUT2D eigenvalue weighted by molar-refractivity contribution is 7.13. The van der Waals surface area contributed by atoms with Gasteiger partial charge in [0.25, 0.3) is 0 Å². The van der Waals surface area contributed by atoms with Crippen molar-refractivity contribution in [2.45, 2.75) is 41.0 Å². The van der Waals surface area contributed by atoms with Crippen LogP contribution in [0.2, 0.25) is 0 Å². The molecule has 0 bridgehead atoms. The van der Waals surface area contributed by atoms with E-state index in [1.54, 1.807) is 11.5 Å². The highest BCUT2D eigenvalue weighted by Gasteiger charge is 1.99. The van der Waals surface area contributed by atoms with E-state index in [1.165, 1.54) is 32.3 Å². The smallest absolute Gasteiger partial charge is 0.0589 e. The molecule has 0 atom stereocenters. The molecule has 27 heavy (non-hydrogen) atoms. The van der Waals surface area contributed by atoms with E-state index in [4.69, 9.17) is 0 Å². The summed E-state index contributed by atoms with van der Waals surface area (Å²) in [5, 5.41) is 1.30. The molecule has 1 aromatic heterocycles. The van der Waals surface area contributed by atoms with Gasteiger partial charge in [-0.05, 0) is 63.3 Å². The summed E-state index contributed by atoms with van der Waals surface area (Å²) in [6.07, 6.45) is 1.14. The number of aryl methyl sites for hydroxylation is 5. The molecule has 1 nitrogen and oxygen atoms in total. The standard InChI is InChI=1S/C9H9NS.C9H12.C7H8/c1-6-3-4-9-8(5-6)7(2)10-11-9;1-3-9-6-4-8(2)5-7-9;1-7-5-3-2-4-6-7/h3-5H,1-2H3;4-7H,3H2,1-2H3;2-6H,1H3. The number of aromatic nitrogens is 1. The molecule has 0 N–H and O–H groups in total. The molecule has 2 heteroatoms. The summed E-state index contributed by atoms with van der Waals surface area (Å²) in [6, 6.07) is 25.4. The first-order valence-corrected chi connectivity index (χ1v) is 10.2. The molecule has 1 heterocycles. The lowest BCUT2D eigenvalue weighted by atomic mass is 10.1. The van der Waals surface area contributed by atoms with Crippen LogP contribution in [-0.4, -0.2) is 4.37 Å². The van der Waals surface area contributed by atoms with Crippen LogP contribution in [0.3, 0.4) is 0 Å². The zero-order chi connectivity index (χ0) is 19.6. The van der Waals surface area contributed by atoms with Gasteiger partial charge in [0.2, 0.25) is 0 Å². The van der Waals surface area contributed by atoms with Gasteiger partial charge in [-0.1, -0.05) is 84.3 Å². The Morgan fingerprint density at radius 1 is 0.704 bits per heavy atom. The summed E-state index contributed by atoms with van der Waals surface area (Å²) < 4.78 is 5.56. The molecular formula is C25H29NS. The number of hydrogen-bond acceptors (Lipinski definition) is 2. The summed E-state index contributed by atoms with van der Waals surface area (Å²) in [6.45, 7) is 10.5. The second kappa shape index (κ2) is 10.6. The van der Waals surface area contributed by atoms with Crippen LogP contribution in [0.15, 0.2) is 72.8 Å². The third-order valence-electron chi connectivity index (χ3n) is 4.28. The fraction of sp³-hybridized carbons (Fsp3) is 0.240. The molecule has 0 aliphatic heterocycles. The molecule has 0 spiro atoms. The third-order valence-corrected chi connectivity index (χ3v) is 5.19. The molecule has 4 rings (SSSR count). The van der Waals surface area contributed by atoms with Crippen molar-refractivity contribution < 1.29 is 0 Å². The maximum absolute atomic E-state index is 4.28. The predicted octanol–water partition coefficient (Wildman–Crippen LogP) is 7.47. The molecular weight excluding hydrogens is 346 g/mol. The summed E-state index contributed by atoms with van der Waals surface area (Å²) in [4.78, 5) is 0. The Labute approximate surface area is 167 Å². The Morgan fingerprint density at radius 2 is 1.30 bits per heavy atom.